The third-order valence-corrected chi connectivity index (χ3v) is 3.72. The number of ether oxygens (including phenoxy) is 1. The van der Waals surface area contributed by atoms with Gasteiger partial charge < -0.3 is 4.74 Å². The van der Waals surface area contributed by atoms with Crippen LogP contribution in [-0.2, 0) is 4.79 Å². The zero-order valence-electron chi connectivity index (χ0n) is 10.9. The van der Waals surface area contributed by atoms with Crippen LogP contribution >= 0.6 is 0 Å². The van der Waals surface area contributed by atoms with Gasteiger partial charge in [-0.1, -0.05) is 26.0 Å². The van der Waals surface area contributed by atoms with Crippen LogP contribution < -0.4 is 4.74 Å². The molecule has 1 aromatic carbocycles. The van der Waals surface area contributed by atoms with E-state index in [0.717, 1.165) is 17.7 Å². The van der Waals surface area contributed by atoms with E-state index in [0.29, 0.717) is 0 Å². The number of carbonyl (C=O) groups is 1. The second kappa shape index (κ2) is 4.45. The fourth-order valence-corrected chi connectivity index (χ4v) is 2.25. The van der Waals surface area contributed by atoms with Crippen LogP contribution in [0.25, 0.3) is 0 Å². The second-order valence-electron chi connectivity index (χ2n) is 5.48. The molecule has 0 saturated heterocycles. The molecule has 0 amide bonds. The summed E-state index contributed by atoms with van der Waals surface area (Å²) in [5.74, 6) is 0.161. The van der Waals surface area contributed by atoms with Crippen molar-refractivity contribution in [2.45, 2.75) is 26.2 Å². The summed E-state index contributed by atoms with van der Waals surface area (Å²) in [6.45, 7) is 4.13. The standard InChI is InChI=1S/C15H17NO2/c1-15(2)8-13(15)14(17)12(9-16)10-4-6-11(18-3)7-5-10/h4-7,12-13H,8H2,1-3H3. The maximum absolute atomic E-state index is 12.3. The zero-order chi connectivity index (χ0) is 13.3. The summed E-state index contributed by atoms with van der Waals surface area (Å²) < 4.78 is 5.07. The molecule has 2 rings (SSSR count). The highest BCUT2D eigenvalue weighted by atomic mass is 16.5. The fourth-order valence-electron chi connectivity index (χ4n) is 2.25. The molecule has 0 spiro atoms. The van der Waals surface area contributed by atoms with E-state index in [9.17, 15) is 10.1 Å². The van der Waals surface area contributed by atoms with Crippen molar-refractivity contribution in [3.63, 3.8) is 0 Å². The lowest BCUT2D eigenvalue weighted by atomic mass is 9.91. The fraction of sp³-hybridized carbons (Fsp3) is 0.467. The van der Waals surface area contributed by atoms with Crippen molar-refractivity contribution in [3.8, 4) is 11.8 Å². The molecule has 3 heteroatoms. The minimum absolute atomic E-state index is 0.0317. The van der Waals surface area contributed by atoms with Crippen molar-refractivity contribution in [1.82, 2.24) is 0 Å². The first kappa shape index (κ1) is 12.6. The molecule has 94 valence electrons. The number of rotatable bonds is 4. The van der Waals surface area contributed by atoms with Crippen LogP contribution in [0, 0.1) is 22.7 Å². The Kier molecular flexibility index (Phi) is 3.13. The molecule has 1 saturated carbocycles. The number of hydrogen-bond acceptors (Lipinski definition) is 3. The molecule has 2 unspecified atom stereocenters. The summed E-state index contributed by atoms with van der Waals surface area (Å²) in [7, 11) is 1.59. The average Bonchev–Trinajstić information content (AvgIpc) is 3.00. The van der Waals surface area contributed by atoms with Gasteiger partial charge in [0.05, 0.1) is 13.2 Å². The van der Waals surface area contributed by atoms with E-state index in [1.807, 2.05) is 0 Å². The van der Waals surface area contributed by atoms with Crippen LogP contribution in [0.15, 0.2) is 24.3 Å². The van der Waals surface area contributed by atoms with Gasteiger partial charge in [0.15, 0.2) is 5.78 Å². The van der Waals surface area contributed by atoms with Gasteiger partial charge in [-0.2, -0.15) is 5.26 Å². The van der Waals surface area contributed by atoms with Crippen molar-refractivity contribution >= 4 is 5.78 Å². The van der Waals surface area contributed by atoms with Gasteiger partial charge in [-0.25, -0.2) is 0 Å². The third-order valence-electron chi connectivity index (χ3n) is 3.72. The summed E-state index contributed by atoms with van der Waals surface area (Å²) in [4.78, 5) is 12.3. The summed E-state index contributed by atoms with van der Waals surface area (Å²) in [5.41, 5.74) is 0.824. The summed E-state index contributed by atoms with van der Waals surface area (Å²) in [6, 6.07) is 9.27. The number of carbonyl (C=O) groups excluding carboxylic acids is 1. The van der Waals surface area contributed by atoms with Crippen LogP contribution in [-0.4, -0.2) is 12.9 Å². The quantitative estimate of drug-likeness (QED) is 0.817. The number of nitriles is 1. The van der Waals surface area contributed by atoms with Gasteiger partial charge in [-0.05, 0) is 29.5 Å². The normalized spacial score (nSPS) is 21.8. The first-order chi connectivity index (χ1) is 8.49. The highest BCUT2D eigenvalue weighted by Gasteiger charge is 2.52. The predicted molar refractivity (Wildman–Crippen MR) is 68.2 cm³/mol. The Bertz CT molecular complexity index is 496. The van der Waals surface area contributed by atoms with Gasteiger partial charge >= 0.3 is 0 Å². The smallest absolute Gasteiger partial charge is 0.158 e. The Morgan fingerprint density at radius 3 is 2.39 bits per heavy atom. The molecule has 0 N–H and O–H groups in total. The molecule has 0 aromatic heterocycles. The van der Waals surface area contributed by atoms with Gasteiger partial charge in [-0.15, -0.1) is 0 Å². The Balaban J connectivity index is 2.18. The van der Waals surface area contributed by atoms with E-state index in [1.54, 1.807) is 31.4 Å². The van der Waals surface area contributed by atoms with Crippen LogP contribution in [0.1, 0.15) is 31.7 Å². The largest absolute Gasteiger partial charge is 0.497 e. The molecule has 18 heavy (non-hydrogen) atoms. The molecular formula is C15H17NO2. The van der Waals surface area contributed by atoms with Crippen LogP contribution in [0.4, 0.5) is 0 Å². The van der Waals surface area contributed by atoms with E-state index in [2.05, 4.69) is 19.9 Å². The third kappa shape index (κ3) is 2.24. The maximum atomic E-state index is 12.3. The molecule has 2 atom stereocenters. The monoisotopic (exact) mass is 243 g/mol. The van der Waals surface area contributed by atoms with Gasteiger partial charge in [0, 0.05) is 5.92 Å². The number of benzene rings is 1. The number of nitrogens with zero attached hydrogens (tertiary/aromatic N) is 1. The molecule has 0 heterocycles. The predicted octanol–water partition coefficient (Wildman–Crippen LogP) is 2.92. The number of Topliss-reactive ketones (excluding diaryl/α,β-unsaturated/α-hetero) is 1. The minimum atomic E-state index is -0.650. The van der Waals surface area contributed by atoms with Gasteiger partial charge in [0.2, 0.25) is 0 Å². The van der Waals surface area contributed by atoms with Crippen molar-refractivity contribution in [1.29, 1.82) is 5.26 Å². The molecule has 1 aliphatic carbocycles. The Morgan fingerprint density at radius 1 is 1.44 bits per heavy atom. The maximum Gasteiger partial charge on any atom is 0.158 e. The molecule has 1 aromatic rings. The van der Waals surface area contributed by atoms with E-state index < -0.39 is 5.92 Å². The second-order valence-corrected chi connectivity index (χ2v) is 5.48. The topological polar surface area (TPSA) is 50.1 Å². The van der Waals surface area contributed by atoms with E-state index in [1.165, 1.54) is 0 Å². The van der Waals surface area contributed by atoms with Gasteiger partial charge in [0.25, 0.3) is 0 Å². The van der Waals surface area contributed by atoms with E-state index in [-0.39, 0.29) is 17.1 Å². The SMILES string of the molecule is COc1ccc(C(C#N)C(=O)C2CC2(C)C)cc1. The lowest BCUT2D eigenvalue weighted by Gasteiger charge is -2.10. The molecule has 0 aliphatic heterocycles. The molecule has 3 nitrogen and oxygen atoms in total. The van der Waals surface area contributed by atoms with Crippen LogP contribution in [0.2, 0.25) is 0 Å². The van der Waals surface area contributed by atoms with Crippen LogP contribution in [0.3, 0.4) is 0 Å². The molecular weight excluding hydrogens is 226 g/mol. The van der Waals surface area contributed by atoms with Crippen molar-refractivity contribution in [2.24, 2.45) is 11.3 Å². The van der Waals surface area contributed by atoms with Crippen molar-refractivity contribution in [2.75, 3.05) is 7.11 Å². The average molecular weight is 243 g/mol. The highest BCUT2D eigenvalue weighted by Crippen LogP contribution is 2.53. The lowest BCUT2D eigenvalue weighted by Crippen LogP contribution is -2.15. The summed E-state index contributed by atoms with van der Waals surface area (Å²) >= 11 is 0. The molecule has 0 bridgehead atoms. The first-order valence-electron chi connectivity index (χ1n) is 6.07. The molecule has 0 radical (unpaired) electrons. The molecule has 1 aliphatic rings. The first-order valence-corrected chi connectivity index (χ1v) is 6.07. The number of methoxy groups -OCH3 is 1. The Morgan fingerprint density at radius 2 is 2.00 bits per heavy atom. The van der Waals surface area contributed by atoms with Gasteiger partial charge in [0.1, 0.15) is 11.7 Å². The summed E-state index contributed by atoms with van der Waals surface area (Å²) in [6.07, 6.45) is 0.889. The minimum Gasteiger partial charge on any atom is -0.497 e. The highest BCUT2D eigenvalue weighted by molar-refractivity contribution is 5.93. The lowest BCUT2D eigenvalue weighted by molar-refractivity contribution is -0.121. The summed E-state index contributed by atoms with van der Waals surface area (Å²) in [5, 5.41) is 9.22. The Hall–Kier alpha value is -1.82. The Labute approximate surface area is 107 Å². The zero-order valence-corrected chi connectivity index (χ0v) is 10.9. The van der Waals surface area contributed by atoms with Crippen LogP contribution in [0.5, 0.6) is 5.75 Å². The van der Waals surface area contributed by atoms with E-state index in [4.69, 9.17) is 4.74 Å². The van der Waals surface area contributed by atoms with Crippen molar-refractivity contribution < 1.29 is 9.53 Å². The number of hydrogen-bond donors (Lipinski definition) is 0. The number of ketones is 1. The van der Waals surface area contributed by atoms with Crippen molar-refractivity contribution in [3.05, 3.63) is 29.8 Å². The van der Waals surface area contributed by atoms with E-state index >= 15 is 0 Å². The van der Waals surface area contributed by atoms with Gasteiger partial charge in [-0.3, -0.25) is 4.79 Å². The molecule has 1 fully saturated rings.